The normalized spacial score (nSPS) is 13.4. The number of alkyl halides is 6. The number of aromatic nitrogens is 5. The predicted molar refractivity (Wildman–Crippen MR) is 126 cm³/mol. The Morgan fingerprint density at radius 2 is 1.77 bits per heavy atom. The van der Waals surface area contributed by atoms with E-state index in [1.807, 2.05) is 0 Å². The highest BCUT2D eigenvalue weighted by Crippen LogP contribution is 2.37. The highest BCUT2D eigenvalue weighted by atomic mass is 32.2. The van der Waals surface area contributed by atoms with Gasteiger partial charge >= 0.3 is 12.4 Å². The van der Waals surface area contributed by atoms with E-state index in [0.717, 1.165) is 16.7 Å². The Hall–Kier alpha value is -4.32. The Balaban J connectivity index is 1.98. The lowest BCUT2D eigenvalue weighted by Gasteiger charge is -2.17. The largest absolute Gasteiger partial charge is 0.481 e. The van der Waals surface area contributed by atoms with Crippen LogP contribution in [0.3, 0.4) is 0 Å². The third-order valence-electron chi connectivity index (χ3n) is 5.52. The van der Waals surface area contributed by atoms with E-state index in [9.17, 15) is 39.6 Å². The summed E-state index contributed by atoms with van der Waals surface area (Å²) in [5.74, 6) is -1.38. The Labute approximate surface area is 221 Å². The van der Waals surface area contributed by atoms with Gasteiger partial charge in [-0.25, -0.2) is 18.4 Å². The van der Waals surface area contributed by atoms with Crippen molar-refractivity contribution in [2.75, 3.05) is 7.11 Å². The molecule has 4 heterocycles. The third-order valence-corrected chi connectivity index (χ3v) is 7.05. The molecule has 0 unspecified atom stereocenters. The lowest BCUT2D eigenvalue weighted by molar-refractivity contribution is -0.147. The molecule has 0 bridgehead atoms. The minimum absolute atomic E-state index is 0.0320. The Morgan fingerprint density at radius 3 is 2.33 bits per heavy atom. The molecular weight excluding hydrogens is 572 g/mol. The summed E-state index contributed by atoms with van der Waals surface area (Å²) in [4.78, 5) is 27.9. The van der Waals surface area contributed by atoms with Gasteiger partial charge in [0.25, 0.3) is 5.91 Å². The minimum atomic E-state index is -4.86. The van der Waals surface area contributed by atoms with Gasteiger partial charge in [0.05, 0.1) is 29.6 Å². The summed E-state index contributed by atoms with van der Waals surface area (Å²) in [7, 11) is -3.41. The van der Waals surface area contributed by atoms with Crippen molar-refractivity contribution in [3.05, 3.63) is 54.0 Å². The Morgan fingerprint density at radius 1 is 1.07 bits per heavy atom. The van der Waals surface area contributed by atoms with E-state index >= 15 is 0 Å². The molecule has 0 radical (unpaired) electrons. The summed E-state index contributed by atoms with van der Waals surface area (Å²) < 4.78 is 112. The molecule has 0 saturated carbocycles. The van der Waals surface area contributed by atoms with Gasteiger partial charge in [-0.1, -0.05) is 0 Å². The molecule has 11 nitrogen and oxygen atoms in total. The summed E-state index contributed by atoms with van der Waals surface area (Å²) >= 11 is 0. The van der Waals surface area contributed by atoms with E-state index in [0.29, 0.717) is 25.4 Å². The molecule has 0 fully saturated rings. The van der Waals surface area contributed by atoms with Crippen LogP contribution in [0.2, 0.25) is 0 Å². The van der Waals surface area contributed by atoms with Crippen molar-refractivity contribution in [1.29, 1.82) is 0 Å². The number of pyridine rings is 2. The molecular formula is C22H17F6N7O4S. The van der Waals surface area contributed by atoms with Gasteiger partial charge in [0.1, 0.15) is 16.6 Å². The Bertz CT molecular complexity index is 1700. The number of ether oxygens (including phenoxy) is 1. The van der Waals surface area contributed by atoms with E-state index in [1.165, 1.54) is 24.1 Å². The molecule has 18 heteroatoms. The lowest BCUT2D eigenvalue weighted by Crippen LogP contribution is -2.42. The van der Waals surface area contributed by atoms with E-state index in [1.54, 1.807) is 0 Å². The first-order valence-electron chi connectivity index (χ1n) is 10.9. The number of nitrogens with one attached hydrogen (secondary N) is 1. The Kier molecular flexibility index (Phi) is 7.18. The van der Waals surface area contributed by atoms with Gasteiger partial charge in [-0.2, -0.15) is 36.0 Å². The molecule has 4 rings (SSSR count). The summed E-state index contributed by atoms with van der Waals surface area (Å²) in [5, 5.41) is -0.345. The van der Waals surface area contributed by atoms with Gasteiger partial charge in [0.15, 0.2) is 0 Å². The number of hydrogen-bond donors (Lipinski definition) is 2. The van der Waals surface area contributed by atoms with Crippen molar-refractivity contribution < 1.29 is 44.3 Å². The number of fused-ring (bicyclic) bond motifs is 1. The molecule has 3 N–H and O–H groups in total. The first-order chi connectivity index (χ1) is 18.5. The number of methoxy groups -OCH3 is 1. The number of primary amides is 1. The minimum Gasteiger partial charge on any atom is -0.481 e. The second kappa shape index (κ2) is 10.0. The second-order valence-electron chi connectivity index (χ2n) is 8.18. The maximum absolute atomic E-state index is 13.5. The number of nitrogens with zero attached hydrogens (tertiary/aromatic N) is 5. The van der Waals surface area contributed by atoms with Crippen LogP contribution in [0.5, 0.6) is 5.88 Å². The van der Waals surface area contributed by atoms with Crippen LogP contribution in [-0.4, -0.2) is 58.2 Å². The van der Waals surface area contributed by atoms with Crippen LogP contribution in [0, 0.1) is 0 Å². The van der Waals surface area contributed by atoms with Crippen LogP contribution in [0.15, 0.2) is 47.8 Å². The van der Waals surface area contributed by atoms with Gasteiger partial charge in [0.2, 0.25) is 21.9 Å². The summed E-state index contributed by atoms with van der Waals surface area (Å²) in [6, 6.07) is 1.51. The number of rotatable bonds is 7. The summed E-state index contributed by atoms with van der Waals surface area (Å²) in [6.07, 6.45) is -7.23. The molecule has 212 valence electrons. The van der Waals surface area contributed by atoms with Gasteiger partial charge in [-0.3, -0.25) is 14.3 Å². The number of halogens is 6. The molecule has 1 amide bonds. The van der Waals surface area contributed by atoms with Crippen LogP contribution in [0.25, 0.3) is 28.4 Å². The number of nitrogens with two attached hydrogens (primary N) is 1. The first-order valence-corrected chi connectivity index (χ1v) is 12.4. The number of amides is 1. The average molecular weight is 589 g/mol. The molecule has 0 aliphatic rings. The molecule has 0 aliphatic heterocycles. The number of carbonyl (C=O) groups excluding carboxylic acids is 1. The van der Waals surface area contributed by atoms with Crippen LogP contribution in [-0.2, 0) is 16.2 Å². The maximum atomic E-state index is 13.5. The zero-order chi connectivity index (χ0) is 29.6. The fraction of sp³-hybridized carbons (Fsp3) is 0.227. The number of hydrogen-bond acceptors (Lipinski definition) is 8. The van der Waals surface area contributed by atoms with Gasteiger partial charge < -0.3 is 10.5 Å². The molecule has 40 heavy (non-hydrogen) atoms. The van der Waals surface area contributed by atoms with Crippen molar-refractivity contribution in [2.24, 2.45) is 5.73 Å². The topological polar surface area (TPSA) is 155 Å². The quantitative estimate of drug-likeness (QED) is 0.312. The van der Waals surface area contributed by atoms with Crippen molar-refractivity contribution >= 4 is 27.0 Å². The van der Waals surface area contributed by atoms with E-state index in [4.69, 9.17) is 10.5 Å². The molecule has 4 aromatic rings. The number of carbonyl (C=O) groups is 1. The SMILES string of the molecule is COc1ccnc(-n2c(-c3ccc(S(=O)(=O)N[C@H](C)C(F)(F)F)cn3)c(C(N)=O)c3cc(C(F)(F)F)cnc32)n1. The molecule has 0 saturated heterocycles. The molecule has 0 aliphatic carbocycles. The van der Waals surface area contributed by atoms with E-state index in [-0.39, 0.29) is 34.2 Å². The molecule has 0 aromatic carbocycles. The van der Waals surface area contributed by atoms with Crippen molar-refractivity contribution in [3.63, 3.8) is 0 Å². The summed E-state index contributed by atoms with van der Waals surface area (Å²) in [6.45, 7) is 0.604. The van der Waals surface area contributed by atoms with Crippen molar-refractivity contribution in [2.45, 2.75) is 30.2 Å². The third kappa shape index (κ3) is 5.39. The molecule has 1 atom stereocenters. The zero-order valence-corrected chi connectivity index (χ0v) is 21.1. The highest BCUT2D eigenvalue weighted by molar-refractivity contribution is 7.89. The van der Waals surface area contributed by atoms with Gasteiger partial charge in [-0.05, 0) is 25.1 Å². The smallest absolute Gasteiger partial charge is 0.417 e. The molecule has 4 aromatic heterocycles. The average Bonchev–Trinajstić information content (AvgIpc) is 3.22. The maximum Gasteiger partial charge on any atom is 0.417 e. The lowest BCUT2D eigenvalue weighted by atomic mass is 10.1. The van der Waals surface area contributed by atoms with Gasteiger partial charge in [0, 0.05) is 30.0 Å². The van der Waals surface area contributed by atoms with Crippen molar-refractivity contribution in [1.82, 2.24) is 29.2 Å². The standard InChI is InChI=1S/C22H17F6N7O4S/c1-10(21(23,24)25)34-40(37,38)12-3-4-14(31-9-12)17-16(18(29)36)13-7-11(22(26,27)28)8-32-19(13)35(17)20-30-6-5-15(33-20)39-2/h3-10,34H,1-2H3,(H2,29,36)/t10-/m1/s1. The fourth-order valence-corrected chi connectivity index (χ4v) is 4.78. The molecule has 0 spiro atoms. The summed E-state index contributed by atoms with van der Waals surface area (Å²) in [5.41, 5.74) is 3.17. The fourth-order valence-electron chi connectivity index (χ4n) is 3.61. The monoisotopic (exact) mass is 589 g/mol. The van der Waals surface area contributed by atoms with Crippen LogP contribution in [0.1, 0.15) is 22.8 Å². The number of sulfonamides is 1. The van der Waals surface area contributed by atoms with Crippen LogP contribution in [0.4, 0.5) is 26.3 Å². The van der Waals surface area contributed by atoms with Gasteiger partial charge in [-0.15, -0.1) is 0 Å². The first kappa shape index (κ1) is 28.7. The van der Waals surface area contributed by atoms with Crippen LogP contribution >= 0.6 is 0 Å². The second-order valence-corrected chi connectivity index (χ2v) is 9.89. The highest BCUT2D eigenvalue weighted by Gasteiger charge is 2.39. The predicted octanol–water partition coefficient (Wildman–Crippen LogP) is 3.23. The zero-order valence-electron chi connectivity index (χ0n) is 20.2. The van der Waals surface area contributed by atoms with Crippen LogP contribution < -0.4 is 15.2 Å². The van der Waals surface area contributed by atoms with Crippen molar-refractivity contribution in [3.8, 4) is 23.2 Å². The van der Waals surface area contributed by atoms with E-state index < -0.39 is 50.3 Å². The van der Waals surface area contributed by atoms with E-state index in [2.05, 4.69) is 19.9 Å².